The van der Waals surface area contributed by atoms with Crippen LogP contribution in [0.2, 0.25) is 0 Å². The van der Waals surface area contributed by atoms with E-state index in [1.165, 1.54) is 6.92 Å². The largest absolute Gasteiger partial charge is 0.315 e. The molecule has 0 bridgehead atoms. The highest BCUT2D eigenvalue weighted by Gasteiger charge is 2.15. The number of benzene rings is 1. The van der Waals surface area contributed by atoms with Crippen molar-refractivity contribution in [2.24, 2.45) is 0 Å². The minimum Gasteiger partial charge on any atom is -0.315 e. The van der Waals surface area contributed by atoms with E-state index in [0.717, 1.165) is 23.8 Å². The Hall–Kier alpha value is -2.30. The average Bonchev–Trinajstić information content (AvgIpc) is 2.96. The summed E-state index contributed by atoms with van der Waals surface area (Å²) in [6.45, 7) is 8.59. The molecule has 0 aliphatic carbocycles. The van der Waals surface area contributed by atoms with Crippen molar-refractivity contribution in [1.29, 1.82) is 0 Å². The third kappa shape index (κ3) is 4.37. The van der Waals surface area contributed by atoms with E-state index in [2.05, 4.69) is 35.5 Å². The number of ketones is 2. The summed E-state index contributed by atoms with van der Waals surface area (Å²) in [4.78, 5) is 23.7. The maximum Gasteiger partial charge on any atom is 0.159 e. The van der Waals surface area contributed by atoms with Gasteiger partial charge in [-0.3, -0.25) is 9.59 Å². The third-order valence-electron chi connectivity index (χ3n) is 4.05. The summed E-state index contributed by atoms with van der Waals surface area (Å²) in [5.41, 5.74) is 1.53. The maximum atomic E-state index is 12.3. The van der Waals surface area contributed by atoms with Crippen molar-refractivity contribution in [1.82, 2.24) is 14.8 Å². The Kier molecular flexibility index (Phi) is 6.01. The van der Waals surface area contributed by atoms with Crippen LogP contribution < -0.4 is 0 Å². The summed E-state index contributed by atoms with van der Waals surface area (Å²) in [5, 5.41) is 8.48. The van der Waals surface area contributed by atoms with Crippen LogP contribution in [0.25, 0.3) is 0 Å². The molecular weight excluding hydrogens is 302 g/mol. The molecule has 0 radical (unpaired) electrons. The molecule has 2 rings (SSSR count). The molecule has 0 spiro atoms. The number of carbonyl (C=O) groups is 2. The zero-order valence-electron chi connectivity index (χ0n) is 14.9. The lowest BCUT2D eigenvalue weighted by Gasteiger charge is -2.09. The highest BCUT2D eigenvalue weighted by molar-refractivity contribution is 5.94. The molecule has 0 fully saturated rings. The number of hydrogen-bond acceptors (Lipinski definition) is 4. The van der Waals surface area contributed by atoms with Crippen LogP contribution in [0.5, 0.6) is 0 Å². The van der Waals surface area contributed by atoms with E-state index in [4.69, 9.17) is 0 Å². The van der Waals surface area contributed by atoms with Crippen LogP contribution in [-0.4, -0.2) is 26.3 Å². The van der Waals surface area contributed by atoms with Crippen LogP contribution in [0.15, 0.2) is 24.3 Å². The molecule has 0 atom stereocenters. The molecule has 1 aromatic heterocycles. The highest BCUT2D eigenvalue weighted by Crippen LogP contribution is 2.15. The molecule has 2 aromatic rings. The first-order valence-electron chi connectivity index (χ1n) is 8.45. The van der Waals surface area contributed by atoms with Gasteiger partial charge in [-0.25, -0.2) is 0 Å². The fourth-order valence-corrected chi connectivity index (χ4v) is 2.77. The van der Waals surface area contributed by atoms with E-state index < -0.39 is 0 Å². The first kappa shape index (κ1) is 18.0. The number of carbonyl (C=O) groups excluding carboxylic acids is 2. The van der Waals surface area contributed by atoms with Crippen LogP contribution in [0.1, 0.15) is 67.6 Å². The van der Waals surface area contributed by atoms with Gasteiger partial charge in [-0.2, -0.15) is 0 Å². The van der Waals surface area contributed by atoms with Crippen molar-refractivity contribution in [2.75, 3.05) is 0 Å². The molecule has 0 saturated carbocycles. The van der Waals surface area contributed by atoms with Crippen molar-refractivity contribution >= 4 is 11.6 Å². The van der Waals surface area contributed by atoms with Gasteiger partial charge in [0.05, 0.1) is 0 Å². The Bertz CT molecular complexity index is 732. The van der Waals surface area contributed by atoms with Gasteiger partial charge in [0.15, 0.2) is 5.78 Å². The minimum atomic E-state index is 0.0153. The molecule has 1 aromatic carbocycles. The zero-order chi connectivity index (χ0) is 17.7. The van der Waals surface area contributed by atoms with Gasteiger partial charge in [0.2, 0.25) is 0 Å². The number of Topliss-reactive ketones (excluding diaryl/α,β-unsaturated/α-hetero) is 2. The van der Waals surface area contributed by atoms with Crippen LogP contribution in [0.4, 0.5) is 0 Å². The van der Waals surface area contributed by atoms with E-state index in [9.17, 15) is 9.59 Å². The Labute approximate surface area is 143 Å². The minimum absolute atomic E-state index is 0.0153. The predicted molar refractivity (Wildman–Crippen MR) is 93.3 cm³/mol. The Balaban J connectivity index is 1.99. The summed E-state index contributed by atoms with van der Waals surface area (Å²) in [5.74, 6) is 2.31. The number of aryl methyl sites for hydroxylation is 1. The molecule has 24 heavy (non-hydrogen) atoms. The number of nitrogens with zero attached hydrogens (tertiary/aromatic N) is 3. The Morgan fingerprint density at radius 1 is 1.21 bits per heavy atom. The van der Waals surface area contributed by atoms with E-state index >= 15 is 0 Å². The molecule has 0 aliphatic heterocycles. The second-order valence-electron chi connectivity index (χ2n) is 6.35. The molecule has 0 aliphatic rings. The summed E-state index contributed by atoms with van der Waals surface area (Å²) in [7, 11) is 0. The van der Waals surface area contributed by atoms with E-state index in [1.807, 2.05) is 12.1 Å². The molecule has 0 amide bonds. The number of rotatable bonds is 8. The predicted octanol–water partition coefficient (Wildman–Crippen LogP) is 3.37. The van der Waals surface area contributed by atoms with Gasteiger partial charge in [0, 0.05) is 37.3 Å². The smallest absolute Gasteiger partial charge is 0.159 e. The molecule has 5 nitrogen and oxygen atoms in total. The van der Waals surface area contributed by atoms with Crippen molar-refractivity contribution in [2.45, 2.75) is 59.4 Å². The standard InChI is InChI=1S/C19H25N3O2/c1-5-22-18(20-21-19(22)13(2)3)10-9-17(24)12-15-7-6-8-16(11-15)14(4)23/h6-8,11,13H,5,9-10,12H2,1-4H3. The molecule has 5 heteroatoms. The topological polar surface area (TPSA) is 64.8 Å². The summed E-state index contributed by atoms with van der Waals surface area (Å²) in [6, 6.07) is 7.27. The van der Waals surface area contributed by atoms with Gasteiger partial charge < -0.3 is 4.57 Å². The lowest BCUT2D eigenvalue weighted by molar-refractivity contribution is -0.118. The monoisotopic (exact) mass is 327 g/mol. The van der Waals surface area contributed by atoms with Gasteiger partial charge in [-0.05, 0) is 25.5 Å². The fourth-order valence-electron chi connectivity index (χ4n) is 2.77. The van der Waals surface area contributed by atoms with Crippen molar-refractivity contribution in [3.8, 4) is 0 Å². The van der Waals surface area contributed by atoms with E-state index in [1.54, 1.807) is 12.1 Å². The zero-order valence-corrected chi connectivity index (χ0v) is 14.9. The lowest BCUT2D eigenvalue weighted by atomic mass is 10.0. The van der Waals surface area contributed by atoms with Crippen molar-refractivity contribution < 1.29 is 9.59 Å². The van der Waals surface area contributed by atoms with Gasteiger partial charge in [-0.1, -0.05) is 32.0 Å². The van der Waals surface area contributed by atoms with Gasteiger partial charge in [0.1, 0.15) is 17.4 Å². The second-order valence-corrected chi connectivity index (χ2v) is 6.35. The first-order chi connectivity index (χ1) is 11.4. The summed E-state index contributed by atoms with van der Waals surface area (Å²) < 4.78 is 2.09. The van der Waals surface area contributed by atoms with Crippen LogP contribution >= 0.6 is 0 Å². The lowest BCUT2D eigenvalue weighted by Crippen LogP contribution is -2.10. The third-order valence-corrected chi connectivity index (χ3v) is 4.05. The van der Waals surface area contributed by atoms with Crippen LogP contribution in [0, 0.1) is 0 Å². The highest BCUT2D eigenvalue weighted by atomic mass is 16.1. The molecular formula is C19H25N3O2. The summed E-state index contributed by atoms with van der Waals surface area (Å²) >= 11 is 0. The number of hydrogen-bond donors (Lipinski definition) is 0. The normalized spacial score (nSPS) is 11.0. The molecule has 0 N–H and O–H groups in total. The van der Waals surface area contributed by atoms with Crippen LogP contribution in [-0.2, 0) is 24.2 Å². The number of aromatic nitrogens is 3. The van der Waals surface area contributed by atoms with Crippen molar-refractivity contribution in [3.05, 3.63) is 47.0 Å². The Morgan fingerprint density at radius 3 is 2.58 bits per heavy atom. The molecule has 0 saturated heterocycles. The quantitative estimate of drug-likeness (QED) is 0.697. The molecule has 1 heterocycles. The van der Waals surface area contributed by atoms with E-state index in [0.29, 0.717) is 30.7 Å². The average molecular weight is 327 g/mol. The Morgan fingerprint density at radius 2 is 1.96 bits per heavy atom. The van der Waals surface area contributed by atoms with Crippen molar-refractivity contribution in [3.63, 3.8) is 0 Å². The van der Waals surface area contributed by atoms with E-state index in [-0.39, 0.29) is 11.6 Å². The van der Waals surface area contributed by atoms with Gasteiger partial charge >= 0.3 is 0 Å². The fraction of sp³-hybridized carbons (Fsp3) is 0.474. The van der Waals surface area contributed by atoms with Crippen LogP contribution in [0.3, 0.4) is 0 Å². The second kappa shape index (κ2) is 7.99. The SMILES string of the molecule is CCn1c(CCC(=O)Cc2cccc(C(C)=O)c2)nnc1C(C)C. The first-order valence-corrected chi connectivity index (χ1v) is 8.45. The van der Waals surface area contributed by atoms with Gasteiger partial charge in [0.25, 0.3) is 0 Å². The maximum absolute atomic E-state index is 12.3. The molecule has 128 valence electrons. The molecule has 0 unspecified atom stereocenters. The summed E-state index contributed by atoms with van der Waals surface area (Å²) in [6.07, 6.45) is 1.37. The van der Waals surface area contributed by atoms with Gasteiger partial charge in [-0.15, -0.1) is 10.2 Å².